The lowest BCUT2D eigenvalue weighted by molar-refractivity contribution is -0.132. The quantitative estimate of drug-likeness (QED) is 0.687. The lowest BCUT2D eigenvalue weighted by Gasteiger charge is -2.37. The molecule has 4 heterocycles. The summed E-state index contributed by atoms with van der Waals surface area (Å²) in [5, 5.41) is 0. The molecule has 6 rings (SSSR count). The largest absolute Gasteiger partial charge is 0.368 e. The van der Waals surface area contributed by atoms with E-state index in [0.717, 1.165) is 89.6 Å². The van der Waals surface area contributed by atoms with Gasteiger partial charge in [-0.15, -0.1) is 0 Å². The third-order valence-electron chi connectivity index (χ3n) is 7.85. The van der Waals surface area contributed by atoms with Crippen LogP contribution in [0, 0.1) is 5.92 Å². The van der Waals surface area contributed by atoms with E-state index >= 15 is 0 Å². The summed E-state index contributed by atoms with van der Waals surface area (Å²) < 4.78 is 0. The van der Waals surface area contributed by atoms with Crippen LogP contribution in [-0.2, 0) is 11.2 Å². The minimum absolute atomic E-state index is 0.307. The summed E-state index contributed by atoms with van der Waals surface area (Å²) in [5.74, 6) is 0.672. The lowest BCUT2D eigenvalue weighted by atomic mass is 10.1. The fourth-order valence-electron chi connectivity index (χ4n) is 5.49. The number of rotatable bonds is 5. The van der Waals surface area contributed by atoms with Crippen LogP contribution in [0.5, 0.6) is 0 Å². The van der Waals surface area contributed by atoms with Crippen LogP contribution >= 0.6 is 0 Å². The van der Waals surface area contributed by atoms with Gasteiger partial charge in [-0.05, 0) is 49.2 Å². The third-order valence-corrected chi connectivity index (χ3v) is 7.85. The monoisotopic (exact) mass is 458 g/mol. The van der Waals surface area contributed by atoms with Crippen molar-refractivity contribution in [2.75, 3.05) is 68.7 Å². The van der Waals surface area contributed by atoms with Crippen LogP contribution in [0.25, 0.3) is 11.6 Å². The van der Waals surface area contributed by atoms with Crippen LogP contribution in [0.2, 0.25) is 0 Å². The van der Waals surface area contributed by atoms with Crippen LogP contribution in [0.3, 0.4) is 0 Å². The van der Waals surface area contributed by atoms with E-state index in [1.165, 1.54) is 22.5 Å². The van der Waals surface area contributed by atoms with Crippen LogP contribution in [-0.4, -0.2) is 84.6 Å². The Hall–Kier alpha value is -2.93. The van der Waals surface area contributed by atoms with Gasteiger partial charge in [-0.1, -0.05) is 6.92 Å². The summed E-state index contributed by atoms with van der Waals surface area (Å²) in [6, 6.07) is 6.52. The van der Waals surface area contributed by atoms with Gasteiger partial charge in [-0.25, -0.2) is 0 Å². The number of piperazine rings is 2. The Morgan fingerprint density at radius 1 is 0.941 bits per heavy atom. The topological polar surface area (TPSA) is 55.8 Å². The molecule has 7 nitrogen and oxygen atoms in total. The highest BCUT2D eigenvalue weighted by Gasteiger charge is 2.35. The molecule has 178 valence electrons. The van der Waals surface area contributed by atoms with Crippen LogP contribution in [0.4, 0.5) is 11.4 Å². The first-order valence-electron chi connectivity index (χ1n) is 12.9. The van der Waals surface area contributed by atoms with E-state index in [1.807, 2.05) is 12.4 Å². The van der Waals surface area contributed by atoms with Gasteiger partial charge < -0.3 is 19.6 Å². The maximum absolute atomic E-state index is 12.4. The van der Waals surface area contributed by atoms with E-state index in [0.29, 0.717) is 11.8 Å². The van der Waals surface area contributed by atoms with Crippen LogP contribution in [0.1, 0.15) is 36.7 Å². The molecule has 1 amide bonds. The van der Waals surface area contributed by atoms with Crippen molar-refractivity contribution in [1.29, 1.82) is 0 Å². The second kappa shape index (κ2) is 9.02. The average molecular weight is 459 g/mol. The predicted octanol–water partition coefficient (Wildman–Crippen LogP) is 2.77. The molecule has 0 radical (unpaired) electrons. The molecule has 4 aliphatic rings. The molecule has 0 spiro atoms. The van der Waals surface area contributed by atoms with E-state index in [1.54, 1.807) is 0 Å². The molecule has 0 N–H and O–H groups in total. The number of pyridine rings is 2. The normalized spacial score (nSPS) is 21.0. The molecule has 2 aliphatic carbocycles. The summed E-state index contributed by atoms with van der Waals surface area (Å²) >= 11 is 0. The van der Waals surface area contributed by atoms with Crippen LogP contribution < -0.4 is 9.80 Å². The zero-order valence-corrected chi connectivity index (χ0v) is 20.1. The molecule has 0 bridgehead atoms. The Morgan fingerprint density at radius 2 is 1.71 bits per heavy atom. The Bertz CT molecular complexity index is 1080. The zero-order chi connectivity index (χ0) is 23.1. The van der Waals surface area contributed by atoms with Crippen molar-refractivity contribution in [2.24, 2.45) is 5.92 Å². The summed E-state index contributed by atoms with van der Waals surface area (Å²) in [6.45, 7) is 11.1. The van der Waals surface area contributed by atoms with Crippen LogP contribution in [0.15, 0.2) is 30.6 Å². The van der Waals surface area contributed by atoms with Crippen molar-refractivity contribution in [3.63, 3.8) is 0 Å². The number of carbonyl (C=O) groups is 1. The number of anilines is 2. The van der Waals surface area contributed by atoms with E-state index in [4.69, 9.17) is 4.98 Å². The molecule has 2 aromatic heterocycles. The van der Waals surface area contributed by atoms with Gasteiger partial charge >= 0.3 is 0 Å². The second-order valence-corrected chi connectivity index (χ2v) is 9.95. The predicted molar refractivity (Wildman–Crippen MR) is 136 cm³/mol. The van der Waals surface area contributed by atoms with Gasteiger partial charge in [-0.2, -0.15) is 0 Å². The molecule has 1 saturated carbocycles. The fraction of sp³-hybridized carbons (Fsp3) is 0.519. The zero-order valence-electron chi connectivity index (χ0n) is 20.1. The Kier molecular flexibility index (Phi) is 5.73. The standard InChI is InChI=1S/C27H34N6O/c1-2-30-9-11-31(12-10-30)22-5-6-24(29-19-22)21-17-23-25(18-21)28-8-7-26(23)32-13-15-33(16-14-32)27(34)20-3-4-20/h5-8,17,19-20H,2-4,9-16,18H2,1H3. The van der Waals surface area contributed by atoms with E-state index in [9.17, 15) is 4.79 Å². The number of nitrogens with zero attached hydrogens (tertiary/aromatic N) is 6. The van der Waals surface area contributed by atoms with Crippen molar-refractivity contribution in [2.45, 2.75) is 26.2 Å². The minimum Gasteiger partial charge on any atom is -0.368 e. The van der Waals surface area contributed by atoms with Gasteiger partial charge in [0, 0.05) is 82.1 Å². The molecule has 2 aromatic rings. The van der Waals surface area contributed by atoms with Crippen molar-refractivity contribution >= 4 is 28.9 Å². The molecule has 3 fully saturated rings. The molecule has 2 aliphatic heterocycles. The summed E-state index contributed by atoms with van der Waals surface area (Å²) in [7, 11) is 0. The highest BCUT2D eigenvalue weighted by molar-refractivity contribution is 5.91. The fourth-order valence-corrected chi connectivity index (χ4v) is 5.49. The molecule has 0 unspecified atom stereocenters. The molecular weight excluding hydrogens is 424 g/mol. The minimum atomic E-state index is 0.307. The number of hydrogen-bond donors (Lipinski definition) is 0. The highest BCUT2D eigenvalue weighted by atomic mass is 16.2. The van der Waals surface area contributed by atoms with Gasteiger partial charge in [-0.3, -0.25) is 14.8 Å². The Morgan fingerprint density at radius 3 is 2.38 bits per heavy atom. The number of likely N-dealkylation sites (N-methyl/N-ethyl adjacent to an activating group) is 1. The Labute approximate surface area is 202 Å². The summed E-state index contributed by atoms with van der Waals surface area (Å²) in [4.78, 5) is 31.4. The van der Waals surface area contributed by atoms with Crippen molar-refractivity contribution in [3.05, 3.63) is 47.5 Å². The Balaban J connectivity index is 1.14. The second-order valence-electron chi connectivity index (χ2n) is 9.95. The first-order chi connectivity index (χ1) is 16.7. The van der Waals surface area contributed by atoms with Gasteiger partial charge in [0.15, 0.2) is 0 Å². The van der Waals surface area contributed by atoms with Crippen molar-refractivity contribution < 1.29 is 4.79 Å². The molecule has 34 heavy (non-hydrogen) atoms. The van der Waals surface area contributed by atoms with E-state index in [-0.39, 0.29) is 0 Å². The van der Waals surface area contributed by atoms with E-state index < -0.39 is 0 Å². The SMILES string of the molecule is CCN1CCN(c2ccc(C3=Cc4c(N5CCN(C(=O)C6CC6)CC5)ccnc4C3)nc2)CC1. The molecule has 2 saturated heterocycles. The smallest absolute Gasteiger partial charge is 0.225 e. The molecule has 0 aromatic carbocycles. The maximum Gasteiger partial charge on any atom is 0.225 e. The summed E-state index contributed by atoms with van der Waals surface area (Å²) in [5.41, 5.74) is 7.09. The van der Waals surface area contributed by atoms with E-state index in [2.05, 4.69) is 55.8 Å². The highest BCUT2D eigenvalue weighted by Crippen LogP contribution is 2.37. The number of allylic oxidation sites excluding steroid dienone is 1. The van der Waals surface area contributed by atoms with Crippen molar-refractivity contribution in [1.82, 2.24) is 19.8 Å². The average Bonchev–Trinajstić information content (AvgIpc) is 3.66. The number of aromatic nitrogens is 2. The number of carbonyl (C=O) groups excluding carboxylic acids is 1. The molecular formula is C27H34N6O. The third kappa shape index (κ3) is 4.17. The number of amides is 1. The number of fused-ring (bicyclic) bond motifs is 1. The van der Waals surface area contributed by atoms with Gasteiger partial charge in [0.25, 0.3) is 0 Å². The van der Waals surface area contributed by atoms with Gasteiger partial charge in [0.2, 0.25) is 5.91 Å². The summed E-state index contributed by atoms with van der Waals surface area (Å²) in [6.07, 6.45) is 9.22. The lowest BCUT2D eigenvalue weighted by Crippen LogP contribution is -2.49. The van der Waals surface area contributed by atoms with Gasteiger partial charge in [0.1, 0.15) is 0 Å². The first kappa shape index (κ1) is 21.6. The number of hydrogen-bond acceptors (Lipinski definition) is 6. The first-order valence-corrected chi connectivity index (χ1v) is 12.9. The van der Waals surface area contributed by atoms with Crippen molar-refractivity contribution in [3.8, 4) is 0 Å². The molecule has 0 atom stereocenters. The van der Waals surface area contributed by atoms with Gasteiger partial charge in [0.05, 0.1) is 23.3 Å². The maximum atomic E-state index is 12.4. The molecule has 7 heteroatoms.